The highest BCUT2D eigenvalue weighted by molar-refractivity contribution is 5.72. The van der Waals surface area contributed by atoms with E-state index in [-0.39, 0.29) is 5.97 Å². The van der Waals surface area contributed by atoms with E-state index < -0.39 is 0 Å². The molecule has 0 fully saturated rings. The Bertz CT molecular complexity index is 510. The van der Waals surface area contributed by atoms with Crippen LogP contribution in [0.3, 0.4) is 0 Å². The molecule has 0 amide bonds. The Morgan fingerprint density at radius 1 is 1.28 bits per heavy atom. The van der Waals surface area contributed by atoms with Crippen LogP contribution in [0.2, 0.25) is 0 Å². The number of rotatable bonds is 4. The second-order valence-electron chi connectivity index (χ2n) is 4.75. The molecule has 1 aromatic carbocycles. The number of methoxy groups -OCH3 is 1. The number of carbonyl (C=O) groups excluding carboxylic acids is 1. The van der Waals surface area contributed by atoms with Gasteiger partial charge in [0.25, 0.3) is 0 Å². The molecule has 0 radical (unpaired) electrons. The van der Waals surface area contributed by atoms with Crippen LogP contribution in [0, 0.1) is 6.92 Å². The number of hydrogen-bond acceptors (Lipinski definition) is 2. The van der Waals surface area contributed by atoms with Crippen molar-refractivity contribution in [3.8, 4) is 0 Å². The second kappa shape index (κ2) is 5.67. The van der Waals surface area contributed by atoms with E-state index in [1.807, 2.05) is 6.08 Å². The maximum Gasteiger partial charge on any atom is 0.309 e. The lowest BCUT2D eigenvalue weighted by Crippen LogP contribution is -2.01. The molecule has 0 spiro atoms. The molecule has 1 aromatic rings. The Morgan fingerprint density at radius 3 is 2.78 bits per heavy atom. The fourth-order valence-electron chi connectivity index (χ4n) is 2.23. The number of allylic oxidation sites excluding steroid dienone is 3. The first-order valence-electron chi connectivity index (χ1n) is 6.17. The predicted octanol–water partition coefficient (Wildman–Crippen LogP) is 3.36. The maximum atomic E-state index is 11.2. The lowest BCUT2D eigenvalue weighted by molar-refractivity contribution is -0.139. The van der Waals surface area contributed by atoms with Crippen molar-refractivity contribution in [1.82, 2.24) is 0 Å². The summed E-state index contributed by atoms with van der Waals surface area (Å²) in [5.74, 6) is -0.161. The highest BCUT2D eigenvalue weighted by atomic mass is 16.5. The first-order chi connectivity index (χ1) is 8.67. The summed E-state index contributed by atoms with van der Waals surface area (Å²) < 4.78 is 4.68. The van der Waals surface area contributed by atoms with Crippen LogP contribution in [0.25, 0.3) is 0 Å². The molecule has 18 heavy (non-hydrogen) atoms. The minimum atomic E-state index is -0.161. The average Bonchev–Trinajstić information content (AvgIpc) is 2.76. The summed E-state index contributed by atoms with van der Waals surface area (Å²) >= 11 is 0. The molecule has 0 aliphatic heterocycles. The predicted molar refractivity (Wildman–Crippen MR) is 72.3 cm³/mol. The molecule has 0 bridgehead atoms. The van der Waals surface area contributed by atoms with Gasteiger partial charge < -0.3 is 4.74 Å². The van der Waals surface area contributed by atoms with Gasteiger partial charge >= 0.3 is 5.97 Å². The third kappa shape index (κ3) is 3.33. The Balaban J connectivity index is 1.90. The van der Waals surface area contributed by atoms with Crippen LogP contribution in [0.5, 0.6) is 0 Å². The molecule has 0 saturated carbocycles. The fourth-order valence-corrected chi connectivity index (χ4v) is 2.23. The minimum Gasteiger partial charge on any atom is -0.469 e. The molecule has 0 heterocycles. The van der Waals surface area contributed by atoms with Crippen LogP contribution < -0.4 is 0 Å². The number of ether oxygens (including phenoxy) is 1. The monoisotopic (exact) mass is 242 g/mol. The number of hydrogen-bond donors (Lipinski definition) is 0. The number of carbonyl (C=O) groups is 1. The topological polar surface area (TPSA) is 26.3 Å². The molecule has 2 heteroatoms. The largest absolute Gasteiger partial charge is 0.469 e. The zero-order chi connectivity index (χ0) is 13.0. The van der Waals surface area contributed by atoms with Gasteiger partial charge in [-0.25, -0.2) is 0 Å². The van der Waals surface area contributed by atoms with E-state index in [1.54, 1.807) is 0 Å². The van der Waals surface area contributed by atoms with Crippen LogP contribution in [0.1, 0.15) is 24.0 Å². The summed E-state index contributed by atoms with van der Waals surface area (Å²) in [7, 11) is 1.43. The van der Waals surface area contributed by atoms with Gasteiger partial charge in [-0.2, -0.15) is 0 Å². The Morgan fingerprint density at radius 2 is 2.06 bits per heavy atom. The quantitative estimate of drug-likeness (QED) is 0.757. The van der Waals surface area contributed by atoms with E-state index in [0.717, 1.165) is 18.4 Å². The molecule has 0 aromatic heterocycles. The van der Waals surface area contributed by atoms with E-state index in [4.69, 9.17) is 0 Å². The summed E-state index contributed by atoms with van der Waals surface area (Å²) in [5, 5.41) is 0. The van der Waals surface area contributed by atoms with Crippen LogP contribution in [-0.2, 0) is 16.0 Å². The van der Waals surface area contributed by atoms with Crippen molar-refractivity contribution in [3.63, 3.8) is 0 Å². The highest BCUT2D eigenvalue weighted by Gasteiger charge is 2.12. The van der Waals surface area contributed by atoms with Crippen LogP contribution >= 0.6 is 0 Å². The lowest BCUT2D eigenvalue weighted by atomic mass is 10.0. The zero-order valence-corrected chi connectivity index (χ0v) is 10.9. The smallest absolute Gasteiger partial charge is 0.309 e. The first-order valence-corrected chi connectivity index (χ1v) is 6.17. The molecule has 0 atom stereocenters. The van der Waals surface area contributed by atoms with E-state index in [2.05, 4.69) is 42.0 Å². The molecule has 0 N–H and O–H groups in total. The van der Waals surface area contributed by atoms with Gasteiger partial charge in [-0.15, -0.1) is 0 Å². The molecular formula is C16H18O2. The molecule has 1 aliphatic carbocycles. The first kappa shape index (κ1) is 12.6. The second-order valence-corrected chi connectivity index (χ2v) is 4.75. The molecule has 2 nitrogen and oxygen atoms in total. The Labute approximate surface area is 108 Å². The van der Waals surface area contributed by atoms with Crippen molar-refractivity contribution < 1.29 is 9.53 Å². The lowest BCUT2D eigenvalue weighted by Gasteiger charge is -2.06. The molecule has 0 unspecified atom stereocenters. The molecule has 2 rings (SSSR count). The number of aryl methyl sites for hydroxylation is 1. The molecule has 94 valence electrons. The summed E-state index contributed by atoms with van der Waals surface area (Å²) in [6.07, 6.45) is 6.43. The van der Waals surface area contributed by atoms with Gasteiger partial charge in [0.15, 0.2) is 0 Å². The Hall–Kier alpha value is -1.83. The van der Waals surface area contributed by atoms with Crippen LogP contribution in [0.15, 0.2) is 47.6 Å². The van der Waals surface area contributed by atoms with Gasteiger partial charge in [0.1, 0.15) is 0 Å². The van der Waals surface area contributed by atoms with Gasteiger partial charge in [-0.3, -0.25) is 4.79 Å². The van der Waals surface area contributed by atoms with E-state index in [0.29, 0.717) is 6.42 Å². The van der Waals surface area contributed by atoms with Crippen molar-refractivity contribution in [2.24, 2.45) is 0 Å². The van der Waals surface area contributed by atoms with E-state index in [9.17, 15) is 4.79 Å². The molecular weight excluding hydrogens is 224 g/mol. The van der Waals surface area contributed by atoms with Crippen molar-refractivity contribution in [2.75, 3.05) is 7.11 Å². The third-order valence-electron chi connectivity index (χ3n) is 3.12. The van der Waals surface area contributed by atoms with Gasteiger partial charge in [0, 0.05) is 0 Å². The zero-order valence-electron chi connectivity index (χ0n) is 10.9. The van der Waals surface area contributed by atoms with Gasteiger partial charge in [0.05, 0.1) is 13.5 Å². The summed E-state index contributed by atoms with van der Waals surface area (Å²) in [4.78, 5) is 11.2. The SMILES string of the molecule is COC(=O)CC1=CC=C(Cc2cccc(C)c2)C1. The van der Waals surface area contributed by atoms with Crippen molar-refractivity contribution in [3.05, 3.63) is 58.7 Å². The van der Waals surface area contributed by atoms with Gasteiger partial charge in [-0.05, 0) is 25.3 Å². The van der Waals surface area contributed by atoms with Crippen molar-refractivity contribution >= 4 is 5.97 Å². The van der Waals surface area contributed by atoms with Crippen LogP contribution in [-0.4, -0.2) is 13.1 Å². The summed E-state index contributed by atoms with van der Waals surface area (Å²) in [6.45, 7) is 2.10. The fraction of sp³-hybridized carbons (Fsp3) is 0.312. The standard InChI is InChI=1S/C16H18O2/c1-12-4-3-5-13(8-12)9-14-6-7-15(10-14)11-16(17)18-2/h3-8H,9-11H2,1-2H3. The van der Waals surface area contributed by atoms with E-state index >= 15 is 0 Å². The average molecular weight is 242 g/mol. The highest BCUT2D eigenvalue weighted by Crippen LogP contribution is 2.25. The Kier molecular flexibility index (Phi) is 3.98. The summed E-state index contributed by atoms with van der Waals surface area (Å²) in [6, 6.07) is 8.54. The number of benzene rings is 1. The normalized spacial score (nSPS) is 14.1. The van der Waals surface area contributed by atoms with Gasteiger partial charge in [-0.1, -0.05) is 53.1 Å². The number of esters is 1. The minimum absolute atomic E-state index is 0.161. The van der Waals surface area contributed by atoms with Crippen molar-refractivity contribution in [2.45, 2.75) is 26.2 Å². The molecule has 1 aliphatic rings. The van der Waals surface area contributed by atoms with E-state index in [1.165, 1.54) is 23.8 Å². The van der Waals surface area contributed by atoms with Crippen LogP contribution in [0.4, 0.5) is 0 Å². The van der Waals surface area contributed by atoms with Crippen molar-refractivity contribution in [1.29, 1.82) is 0 Å². The van der Waals surface area contributed by atoms with Gasteiger partial charge in [0.2, 0.25) is 0 Å². The third-order valence-corrected chi connectivity index (χ3v) is 3.12. The maximum absolute atomic E-state index is 11.2. The summed E-state index contributed by atoms with van der Waals surface area (Å²) in [5.41, 5.74) is 5.12. The molecule has 0 saturated heterocycles.